The van der Waals surface area contributed by atoms with E-state index in [4.69, 9.17) is 4.84 Å². The summed E-state index contributed by atoms with van der Waals surface area (Å²) >= 11 is 0. The molecule has 2 bridgehead atoms. The lowest BCUT2D eigenvalue weighted by Crippen LogP contribution is -2.41. The zero-order valence-electron chi connectivity index (χ0n) is 8.80. The van der Waals surface area contributed by atoms with Crippen LogP contribution in [0.1, 0.15) is 32.1 Å². The highest BCUT2D eigenvalue weighted by atomic mass is 16.7. The molecule has 0 spiro atoms. The molecule has 0 radical (unpaired) electrons. The number of pyridine rings is 1. The van der Waals surface area contributed by atoms with Gasteiger partial charge in [-0.25, -0.2) is 10.0 Å². The Morgan fingerprint density at radius 2 is 2.20 bits per heavy atom. The van der Waals surface area contributed by atoms with Crippen molar-refractivity contribution in [3.8, 4) is 0 Å². The molecule has 2 saturated heterocycles. The molecule has 4 rings (SSSR count). The minimum absolute atomic E-state index is 0.422. The third-order valence-corrected chi connectivity index (χ3v) is 3.35. The lowest BCUT2D eigenvalue weighted by Gasteiger charge is -2.36. The largest absolute Gasteiger partial charge is 0.268 e. The lowest BCUT2D eigenvalue weighted by atomic mass is 10.1. The van der Waals surface area contributed by atoms with Crippen molar-refractivity contribution in [1.29, 1.82) is 0 Å². The van der Waals surface area contributed by atoms with E-state index in [1.165, 1.54) is 32.1 Å². The van der Waals surface area contributed by atoms with E-state index in [1.54, 1.807) is 0 Å². The molecule has 15 heavy (non-hydrogen) atoms. The first-order valence-electron chi connectivity index (χ1n) is 5.80. The quantitative estimate of drug-likeness (QED) is 0.703. The van der Waals surface area contributed by atoms with E-state index in [1.807, 2.05) is 29.5 Å². The van der Waals surface area contributed by atoms with Crippen LogP contribution in [0.3, 0.4) is 0 Å². The number of fused-ring (bicyclic) bond motifs is 4. The number of hydrogen-bond donors (Lipinski definition) is 0. The van der Waals surface area contributed by atoms with Crippen LogP contribution in [0.2, 0.25) is 0 Å². The van der Waals surface area contributed by atoms with Crippen molar-refractivity contribution in [2.24, 2.45) is 0 Å². The van der Waals surface area contributed by atoms with Crippen LogP contribution in [0, 0.1) is 0 Å². The topological polar surface area (TPSA) is 25.4 Å². The van der Waals surface area contributed by atoms with Crippen LogP contribution in [-0.4, -0.2) is 17.1 Å². The van der Waals surface area contributed by atoms with Gasteiger partial charge in [0.25, 0.3) is 0 Å². The first-order valence-corrected chi connectivity index (χ1v) is 5.80. The van der Waals surface area contributed by atoms with Gasteiger partial charge >= 0.3 is 0 Å². The molecular formula is C12H16N2O. The molecule has 3 nitrogen and oxygen atoms in total. The van der Waals surface area contributed by atoms with E-state index >= 15 is 0 Å². The molecule has 0 amide bonds. The van der Waals surface area contributed by atoms with Crippen molar-refractivity contribution in [2.45, 2.75) is 44.2 Å². The zero-order valence-corrected chi connectivity index (χ0v) is 8.80. The maximum absolute atomic E-state index is 5.97. The highest BCUT2D eigenvalue weighted by Gasteiger charge is 2.33. The van der Waals surface area contributed by atoms with Crippen molar-refractivity contribution in [1.82, 2.24) is 4.98 Å². The Labute approximate surface area is 90.0 Å². The van der Waals surface area contributed by atoms with Crippen molar-refractivity contribution in [2.75, 3.05) is 5.06 Å². The second-order valence-electron chi connectivity index (χ2n) is 4.40. The second-order valence-corrected chi connectivity index (χ2v) is 4.40. The molecule has 0 unspecified atom stereocenters. The van der Waals surface area contributed by atoms with Gasteiger partial charge in [-0.1, -0.05) is 6.07 Å². The lowest BCUT2D eigenvalue weighted by molar-refractivity contribution is -0.0114. The summed E-state index contributed by atoms with van der Waals surface area (Å²) in [6.07, 6.45) is 8.46. The standard InChI is InChI=1S/C12H16N2O/c1-2-9-13-12(6-1)14-10-4-3-5-11(15-14)8-7-10/h1-2,6,9-11H,3-5,7-8H2/t10-,11+/m1/s1. The van der Waals surface area contributed by atoms with E-state index in [2.05, 4.69) is 4.98 Å². The second kappa shape index (κ2) is 3.81. The van der Waals surface area contributed by atoms with Crippen LogP contribution in [0.4, 0.5) is 5.82 Å². The van der Waals surface area contributed by atoms with Crippen molar-refractivity contribution < 1.29 is 4.84 Å². The molecule has 3 aliphatic rings. The summed E-state index contributed by atoms with van der Waals surface area (Å²) in [5, 5.41) is 2.04. The Morgan fingerprint density at radius 1 is 1.20 bits per heavy atom. The molecule has 2 atom stereocenters. The highest BCUT2D eigenvalue weighted by molar-refractivity contribution is 5.36. The molecule has 80 valence electrons. The Bertz CT molecular complexity index is 324. The van der Waals surface area contributed by atoms with Gasteiger partial charge in [0.1, 0.15) is 0 Å². The van der Waals surface area contributed by atoms with E-state index in [0.717, 1.165) is 5.82 Å². The van der Waals surface area contributed by atoms with Crippen LogP contribution in [0.15, 0.2) is 24.4 Å². The van der Waals surface area contributed by atoms with Gasteiger partial charge in [0.15, 0.2) is 5.82 Å². The first-order chi connectivity index (χ1) is 7.43. The van der Waals surface area contributed by atoms with E-state index in [-0.39, 0.29) is 0 Å². The first kappa shape index (κ1) is 9.16. The summed E-state index contributed by atoms with van der Waals surface area (Å²) in [6.45, 7) is 0. The molecule has 1 aromatic rings. The number of rotatable bonds is 1. The van der Waals surface area contributed by atoms with Gasteiger partial charge < -0.3 is 0 Å². The molecule has 1 aromatic heterocycles. The summed E-state index contributed by atoms with van der Waals surface area (Å²) in [6, 6.07) is 6.53. The minimum atomic E-state index is 0.422. The SMILES string of the molecule is c1ccc(N2O[C@H]3CCC[C@@H]2CC3)nc1. The maximum atomic E-state index is 5.97. The molecule has 0 N–H and O–H groups in total. The number of aromatic nitrogens is 1. The average Bonchev–Trinajstić information content (AvgIpc) is 2.65. The van der Waals surface area contributed by atoms with E-state index in [9.17, 15) is 0 Å². The van der Waals surface area contributed by atoms with Crippen molar-refractivity contribution in [3.63, 3.8) is 0 Å². The molecule has 0 aromatic carbocycles. The monoisotopic (exact) mass is 204 g/mol. The third-order valence-electron chi connectivity index (χ3n) is 3.35. The summed E-state index contributed by atoms with van der Waals surface area (Å²) in [4.78, 5) is 10.3. The predicted molar refractivity (Wildman–Crippen MR) is 58.5 cm³/mol. The number of hydroxylamine groups is 1. The fourth-order valence-corrected chi connectivity index (χ4v) is 2.56. The summed E-state index contributed by atoms with van der Waals surface area (Å²) in [5.41, 5.74) is 0. The van der Waals surface area contributed by atoms with Crippen LogP contribution < -0.4 is 5.06 Å². The maximum Gasteiger partial charge on any atom is 0.152 e. The zero-order chi connectivity index (χ0) is 10.1. The predicted octanol–water partition coefficient (Wildman–Crippen LogP) is 2.53. The van der Waals surface area contributed by atoms with Crippen molar-refractivity contribution in [3.05, 3.63) is 24.4 Å². The molecular weight excluding hydrogens is 188 g/mol. The van der Waals surface area contributed by atoms with Gasteiger partial charge in [0, 0.05) is 6.20 Å². The Morgan fingerprint density at radius 3 is 3.07 bits per heavy atom. The highest BCUT2D eigenvalue weighted by Crippen LogP contribution is 2.33. The van der Waals surface area contributed by atoms with E-state index in [0.29, 0.717) is 12.1 Å². The summed E-state index contributed by atoms with van der Waals surface area (Å²) < 4.78 is 0. The Hall–Kier alpha value is -1.09. The van der Waals surface area contributed by atoms with Crippen LogP contribution >= 0.6 is 0 Å². The molecule has 3 heteroatoms. The van der Waals surface area contributed by atoms with Gasteiger partial charge in [-0.15, -0.1) is 0 Å². The number of nitrogens with zero attached hydrogens (tertiary/aromatic N) is 2. The fourth-order valence-electron chi connectivity index (χ4n) is 2.56. The van der Waals surface area contributed by atoms with Crippen LogP contribution in [0.5, 0.6) is 0 Å². The van der Waals surface area contributed by atoms with Crippen LogP contribution in [0.25, 0.3) is 0 Å². The molecule has 3 fully saturated rings. The Balaban J connectivity index is 1.87. The summed E-state index contributed by atoms with van der Waals surface area (Å²) in [5.74, 6) is 0.967. The molecule has 1 saturated carbocycles. The van der Waals surface area contributed by atoms with Gasteiger partial charge in [-0.05, 0) is 44.2 Å². The van der Waals surface area contributed by atoms with Gasteiger partial charge in [0.2, 0.25) is 0 Å². The van der Waals surface area contributed by atoms with Crippen molar-refractivity contribution >= 4 is 5.82 Å². The molecule has 3 heterocycles. The van der Waals surface area contributed by atoms with Gasteiger partial charge in [-0.2, -0.15) is 0 Å². The fraction of sp³-hybridized carbons (Fsp3) is 0.583. The normalized spacial score (nSPS) is 30.3. The number of anilines is 1. The smallest absolute Gasteiger partial charge is 0.152 e. The number of hydrogen-bond acceptors (Lipinski definition) is 3. The van der Waals surface area contributed by atoms with Crippen LogP contribution in [-0.2, 0) is 4.84 Å². The minimum Gasteiger partial charge on any atom is -0.268 e. The molecule has 1 aliphatic carbocycles. The summed E-state index contributed by atoms with van der Waals surface area (Å²) in [7, 11) is 0. The average molecular weight is 204 g/mol. The van der Waals surface area contributed by atoms with Gasteiger partial charge in [-0.3, -0.25) is 4.84 Å². The Kier molecular flexibility index (Phi) is 2.33. The third kappa shape index (κ3) is 1.72. The van der Waals surface area contributed by atoms with Gasteiger partial charge in [0.05, 0.1) is 12.1 Å². The van der Waals surface area contributed by atoms with E-state index < -0.39 is 0 Å². The molecule has 2 aliphatic heterocycles.